The quantitative estimate of drug-likeness (QED) is 0.778. The lowest BCUT2D eigenvalue weighted by Gasteiger charge is -2.02. The minimum Gasteiger partial charge on any atom is -0.480 e. The fourth-order valence-electron chi connectivity index (χ4n) is 1.05. The van der Waals surface area contributed by atoms with Gasteiger partial charge in [-0.3, -0.25) is 9.59 Å². The van der Waals surface area contributed by atoms with Crippen molar-refractivity contribution >= 4 is 35.2 Å². The SMILES string of the molecule is O=C(O)CNC(=O)CCSc1ccc(Cl)cc1. The molecule has 0 saturated carbocycles. The lowest BCUT2D eigenvalue weighted by Crippen LogP contribution is -2.29. The molecule has 0 spiro atoms. The Hall–Kier alpha value is -1.20. The molecule has 0 unspecified atom stereocenters. The maximum atomic E-state index is 11.2. The number of carboxylic acid groups (broad SMARTS) is 1. The molecule has 0 aliphatic heterocycles. The lowest BCUT2D eigenvalue weighted by molar-refractivity contribution is -0.137. The average molecular weight is 274 g/mol. The van der Waals surface area contributed by atoms with Gasteiger partial charge >= 0.3 is 5.97 Å². The molecule has 1 aromatic rings. The summed E-state index contributed by atoms with van der Waals surface area (Å²) in [5, 5.41) is 11.3. The van der Waals surface area contributed by atoms with E-state index in [9.17, 15) is 9.59 Å². The minimum atomic E-state index is -1.04. The van der Waals surface area contributed by atoms with Crippen molar-refractivity contribution in [1.29, 1.82) is 0 Å². The molecule has 0 bridgehead atoms. The van der Waals surface area contributed by atoms with E-state index in [-0.39, 0.29) is 12.5 Å². The molecule has 1 aromatic carbocycles. The Labute approximate surface area is 108 Å². The van der Waals surface area contributed by atoms with Crippen molar-refractivity contribution in [3.8, 4) is 0 Å². The van der Waals surface area contributed by atoms with Gasteiger partial charge in [0, 0.05) is 22.1 Å². The van der Waals surface area contributed by atoms with Gasteiger partial charge in [-0.1, -0.05) is 11.6 Å². The first-order valence-corrected chi connectivity index (χ1v) is 6.31. The predicted molar refractivity (Wildman–Crippen MR) is 67.4 cm³/mol. The first-order valence-electron chi connectivity index (χ1n) is 4.95. The molecule has 0 fully saturated rings. The van der Waals surface area contributed by atoms with Gasteiger partial charge in [0.2, 0.25) is 5.91 Å². The Morgan fingerprint density at radius 1 is 1.29 bits per heavy atom. The highest BCUT2D eigenvalue weighted by Crippen LogP contribution is 2.20. The van der Waals surface area contributed by atoms with Gasteiger partial charge in [0.15, 0.2) is 0 Å². The maximum Gasteiger partial charge on any atom is 0.322 e. The third-order valence-electron chi connectivity index (χ3n) is 1.85. The normalized spacial score (nSPS) is 9.94. The zero-order valence-electron chi connectivity index (χ0n) is 8.98. The van der Waals surface area contributed by atoms with Gasteiger partial charge in [0.05, 0.1) is 0 Å². The molecule has 0 saturated heterocycles. The van der Waals surface area contributed by atoms with Gasteiger partial charge < -0.3 is 10.4 Å². The van der Waals surface area contributed by atoms with Gasteiger partial charge in [-0.05, 0) is 24.3 Å². The fraction of sp³-hybridized carbons (Fsp3) is 0.273. The summed E-state index contributed by atoms with van der Waals surface area (Å²) in [7, 11) is 0. The van der Waals surface area contributed by atoms with Crippen molar-refractivity contribution in [3.05, 3.63) is 29.3 Å². The van der Waals surface area contributed by atoms with Gasteiger partial charge in [-0.2, -0.15) is 0 Å². The van der Waals surface area contributed by atoms with Gasteiger partial charge in [-0.25, -0.2) is 0 Å². The van der Waals surface area contributed by atoms with Gasteiger partial charge in [0.25, 0.3) is 0 Å². The first-order chi connectivity index (χ1) is 8.08. The molecular weight excluding hydrogens is 262 g/mol. The van der Waals surface area contributed by atoms with Crippen LogP contribution >= 0.6 is 23.4 Å². The van der Waals surface area contributed by atoms with Crippen molar-refractivity contribution in [3.63, 3.8) is 0 Å². The Balaban J connectivity index is 2.21. The average Bonchev–Trinajstić information content (AvgIpc) is 2.29. The van der Waals surface area contributed by atoms with E-state index in [1.165, 1.54) is 11.8 Å². The standard InChI is InChI=1S/C11H12ClNO3S/c12-8-1-3-9(4-2-8)17-6-5-10(14)13-7-11(15)16/h1-4H,5-7H2,(H,13,14)(H,15,16). The highest BCUT2D eigenvalue weighted by atomic mass is 35.5. The van der Waals surface area contributed by atoms with E-state index in [1.54, 1.807) is 12.1 Å². The molecule has 17 heavy (non-hydrogen) atoms. The molecule has 2 N–H and O–H groups in total. The van der Waals surface area contributed by atoms with Crippen LogP contribution < -0.4 is 5.32 Å². The number of hydrogen-bond donors (Lipinski definition) is 2. The highest BCUT2D eigenvalue weighted by Gasteiger charge is 2.03. The number of carbonyl (C=O) groups excluding carboxylic acids is 1. The summed E-state index contributed by atoms with van der Waals surface area (Å²) >= 11 is 7.26. The fourth-order valence-corrected chi connectivity index (χ4v) is 2.03. The first kappa shape index (κ1) is 13.9. The Morgan fingerprint density at radius 2 is 1.94 bits per heavy atom. The Bertz CT molecular complexity index is 394. The van der Waals surface area contributed by atoms with E-state index >= 15 is 0 Å². The number of nitrogens with one attached hydrogen (secondary N) is 1. The zero-order valence-corrected chi connectivity index (χ0v) is 10.6. The van der Waals surface area contributed by atoms with Crippen LogP contribution in [0.4, 0.5) is 0 Å². The summed E-state index contributed by atoms with van der Waals surface area (Å²) in [5.41, 5.74) is 0. The van der Waals surface area contributed by atoms with Crippen molar-refractivity contribution in [2.45, 2.75) is 11.3 Å². The second kappa shape index (κ2) is 7.19. The van der Waals surface area contributed by atoms with E-state index < -0.39 is 5.97 Å². The van der Waals surface area contributed by atoms with Crippen LogP contribution in [0, 0.1) is 0 Å². The molecular formula is C11H12ClNO3S. The number of amides is 1. The van der Waals surface area contributed by atoms with Crippen LogP contribution in [-0.4, -0.2) is 29.3 Å². The molecule has 0 heterocycles. The topological polar surface area (TPSA) is 66.4 Å². The minimum absolute atomic E-state index is 0.256. The highest BCUT2D eigenvalue weighted by molar-refractivity contribution is 7.99. The molecule has 0 aliphatic carbocycles. The summed E-state index contributed by atoms with van der Waals surface area (Å²) in [6.45, 7) is -0.329. The number of halogens is 1. The summed E-state index contributed by atoms with van der Waals surface area (Å²) < 4.78 is 0. The molecule has 1 rings (SSSR count). The molecule has 92 valence electrons. The monoisotopic (exact) mass is 273 g/mol. The van der Waals surface area contributed by atoms with Crippen LogP contribution in [-0.2, 0) is 9.59 Å². The molecule has 6 heteroatoms. The third kappa shape index (κ3) is 6.19. The number of rotatable bonds is 6. The third-order valence-corrected chi connectivity index (χ3v) is 3.11. The van der Waals surface area contributed by atoms with Gasteiger partial charge in [0.1, 0.15) is 6.54 Å². The molecule has 1 amide bonds. The van der Waals surface area contributed by atoms with E-state index in [0.29, 0.717) is 17.2 Å². The summed E-state index contributed by atoms with van der Waals surface area (Å²) in [5.74, 6) is -0.690. The molecule has 4 nitrogen and oxygen atoms in total. The number of carboxylic acids is 1. The summed E-state index contributed by atoms with van der Waals surface area (Å²) in [4.78, 5) is 22.4. The second-order valence-corrected chi connectivity index (χ2v) is 4.83. The number of thioether (sulfide) groups is 1. The number of benzene rings is 1. The maximum absolute atomic E-state index is 11.2. The molecule has 0 aliphatic rings. The summed E-state index contributed by atoms with van der Waals surface area (Å²) in [6.07, 6.45) is 0.292. The Kier molecular flexibility index (Phi) is 5.86. The second-order valence-electron chi connectivity index (χ2n) is 3.22. The van der Waals surface area contributed by atoms with Crippen molar-refractivity contribution in [2.75, 3.05) is 12.3 Å². The molecule has 0 aromatic heterocycles. The van der Waals surface area contributed by atoms with E-state index in [1.807, 2.05) is 12.1 Å². The van der Waals surface area contributed by atoms with Crippen molar-refractivity contribution in [2.24, 2.45) is 0 Å². The van der Waals surface area contributed by atoms with Crippen LogP contribution in [0.2, 0.25) is 5.02 Å². The van der Waals surface area contributed by atoms with Crippen LogP contribution in [0.3, 0.4) is 0 Å². The zero-order chi connectivity index (χ0) is 12.7. The van der Waals surface area contributed by atoms with E-state index in [4.69, 9.17) is 16.7 Å². The van der Waals surface area contributed by atoms with Crippen LogP contribution in [0.25, 0.3) is 0 Å². The number of hydrogen-bond acceptors (Lipinski definition) is 3. The Morgan fingerprint density at radius 3 is 2.53 bits per heavy atom. The molecule has 0 radical (unpaired) electrons. The predicted octanol–water partition coefficient (Wildman–Crippen LogP) is 2.02. The van der Waals surface area contributed by atoms with Crippen molar-refractivity contribution < 1.29 is 14.7 Å². The lowest BCUT2D eigenvalue weighted by atomic mass is 10.4. The summed E-state index contributed by atoms with van der Waals surface area (Å²) in [6, 6.07) is 7.33. The number of carbonyl (C=O) groups is 2. The van der Waals surface area contributed by atoms with Crippen molar-refractivity contribution in [1.82, 2.24) is 5.32 Å². The van der Waals surface area contributed by atoms with Crippen LogP contribution in [0.1, 0.15) is 6.42 Å². The van der Waals surface area contributed by atoms with E-state index in [0.717, 1.165) is 4.90 Å². The number of aliphatic carboxylic acids is 1. The smallest absolute Gasteiger partial charge is 0.322 e. The van der Waals surface area contributed by atoms with Crippen LogP contribution in [0.5, 0.6) is 0 Å². The van der Waals surface area contributed by atoms with Gasteiger partial charge in [-0.15, -0.1) is 11.8 Å². The largest absolute Gasteiger partial charge is 0.480 e. The van der Waals surface area contributed by atoms with E-state index in [2.05, 4.69) is 5.32 Å². The van der Waals surface area contributed by atoms with Crippen LogP contribution in [0.15, 0.2) is 29.2 Å². The molecule has 0 atom stereocenters.